The predicted molar refractivity (Wildman–Crippen MR) is 125 cm³/mol. The van der Waals surface area contributed by atoms with Gasteiger partial charge in [-0.05, 0) is 46.4 Å². The van der Waals surface area contributed by atoms with Crippen LogP contribution in [0.5, 0.6) is 0 Å². The molecule has 1 aliphatic rings. The number of fused-ring (bicyclic) bond motifs is 3. The van der Waals surface area contributed by atoms with Crippen molar-refractivity contribution < 1.29 is 19.2 Å². The maximum atomic E-state index is 12.2. The molecular formula is C26H22N2O5. The number of nitro benzene ring substituents is 1. The van der Waals surface area contributed by atoms with E-state index in [0.29, 0.717) is 24.8 Å². The smallest absolute Gasteiger partial charge is 0.407 e. The second-order valence-electron chi connectivity index (χ2n) is 7.64. The Labute approximate surface area is 190 Å². The van der Waals surface area contributed by atoms with Crippen molar-refractivity contribution in [1.82, 2.24) is 5.32 Å². The molecule has 0 aliphatic heterocycles. The molecule has 4 rings (SSSR count). The molecular weight excluding hydrogens is 420 g/mol. The largest absolute Gasteiger partial charge is 0.449 e. The third kappa shape index (κ3) is 4.82. The van der Waals surface area contributed by atoms with Crippen molar-refractivity contribution in [2.75, 3.05) is 13.2 Å². The van der Waals surface area contributed by atoms with Gasteiger partial charge in [0.15, 0.2) is 6.29 Å². The highest BCUT2D eigenvalue weighted by Gasteiger charge is 2.28. The van der Waals surface area contributed by atoms with Crippen LogP contribution in [0.2, 0.25) is 0 Å². The first-order valence-electron chi connectivity index (χ1n) is 10.6. The van der Waals surface area contributed by atoms with Crippen molar-refractivity contribution in [2.24, 2.45) is 0 Å². The lowest BCUT2D eigenvalue weighted by Gasteiger charge is -2.14. The number of hydrogen-bond acceptors (Lipinski definition) is 5. The Hall–Kier alpha value is -4.26. The van der Waals surface area contributed by atoms with Gasteiger partial charge in [0.05, 0.1) is 10.5 Å². The Morgan fingerprint density at radius 2 is 1.70 bits per heavy atom. The fourth-order valence-electron chi connectivity index (χ4n) is 4.06. The molecule has 1 N–H and O–H groups in total. The third-order valence-electron chi connectivity index (χ3n) is 5.61. The second kappa shape index (κ2) is 9.91. The molecule has 0 spiro atoms. The van der Waals surface area contributed by atoms with Gasteiger partial charge in [0.1, 0.15) is 6.61 Å². The first-order valence-corrected chi connectivity index (χ1v) is 10.6. The normalized spacial score (nSPS) is 12.2. The minimum atomic E-state index is -0.588. The predicted octanol–water partition coefficient (Wildman–Crippen LogP) is 5.35. The number of carbonyl (C=O) groups is 2. The van der Waals surface area contributed by atoms with Gasteiger partial charge >= 0.3 is 6.09 Å². The minimum absolute atomic E-state index is 0.0113. The van der Waals surface area contributed by atoms with E-state index in [9.17, 15) is 19.7 Å². The summed E-state index contributed by atoms with van der Waals surface area (Å²) < 4.78 is 5.49. The van der Waals surface area contributed by atoms with Gasteiger partial charge in [0.25, 0.3) is 5.69 Å². The topological polar surface area (TPSA) is 98.5 Å². The fourth-order valence-corrected chi connectivity index (χ4v) is 4.06. The van der Waals surface area contributed by atoms with E-state index in [0.717, 1.165) is 11.1 Å². The molecule has 0 bridgehead atoms. The number of hydrogen-bond donors (Lipinski definition) is 1. The Bertz CT molecular complexity index is 1190. The highest BCUT2D eigenvalue weighted by atomic mass is 16.6. The van der Waals surface area contributed by atoms with Gasteiger partial charge in [0.2, 0.25) is 0 Å². The molecule has 7 nitrogen and oxygen atoms in total. The molecule has 33 heavy (non-hydrogen) atoms. The molecule has 0 heterocycles. The molecule has 3 aromatic carbocycles. The van der Waals surface area contributed by atoms with Crippen molar-refractivity contribution in [1.29, 1.82) is 0 Å². The molecule has 0 saturated heterocycles. The highest BCUT2D eigenvalue weighted by Crippen LogP contribution is 2.44. The maximum Gasteiger partial charge on any atom is 0.407 e. The van der Waals surface area contributed by atoms with Crippen LogP contribution in [0.3, 0.4) is 0 Å². The first kappa shape index (κ1) is 22.0. The quantitative estimate of drug-likeness (QED) is 0.219. The Morgan fingerprint density at radius 3 is 2.33 bits per heavy atom. The van der Waals surface area contributed by atoms with E-state index < -0.39 is 11.0 Å². The number of nitrogens with one attached hydrogen (secondary N) is 1. The van der Waals surface area contributed by atoms with Crippen molar-refractivity contribution in [3.05, 3.63) is 105 Å². The lowest BCUT2D eigenvalue weighted by atomic mass is 9.98. The zero-order valence-corrected chi connectivity index (χ0v) is 17.8. The van der Waals surface area contributed by atoms with E-state index in [-0.39, 0.29) is 23.8 Å². The Kier molecular flexibility index (Phi) is 6.59. The summed E-state index contributed by atoms with van der Waals surface area (Å²) in [6.07, 6.45) is 4.09. The van der Waals surface area contributed by atoms with Crippen molar-refractivity contribution >= 4 is 24.1 Å². The summed E-state index contributed by atoms with van der Waals surface area (Å²) in [6.45, 7) is 0.633. The zero-order valence-electron chi connectivity index (χ0n) is 17.8. The molecule has 0 atom stereocenters. The summed E-state index contributed by atoms with van der Waals surface area (Å²) >= 11 is 0. The number of nitrogens with zero attached hydrogens (tertiary/aromatic N) is 1. The lowest BCUT2D eigenvalue weighted by Crippen LogP contribution is -2.26. The summed E-state index contributed by atoms with van der Waals surface area (Å²) in [6, 6.07) is 20.7. The van der Waals surface area contributed by atoms with E-state index in [1.165, 1.54) is 23.3 Å². The van der Waals surface area contributed by atoms with Gasteiger partial charge in [-0.15, -0.1) is 0 Å². The number of ether oxygens (including phenoxy) is 1. The zero-order chi connectivity index (χ0) is 23.2. The average Bonchev–Trinajstić information content (AvgIpc) is 3.16. The maximum absolute atomic E-state index is 12.2. The van der Waals surface area contributed by atoms with E-state index in [1.54, 1.807) is 12.1 Å². The molecule has 7 heteroatoms. The van der Waals surface area contributed by atoms with Gasteiger partial charge in [-0.25, -0.2) is 4.79 Å². The summed E-state index contributed by atoms with van der Waals surface area (Å²) in [5.74, 6) is 0.0113. The number of amides is 1. The number of nitro groups is 1. The summed E-state index contributed by atoms with van der Waals surface area (Å²) in [5, 5.41) is 13.6. The van der Waals surface area contributed by atoms with E-state index in [4.69, 9.17) is 4.74 Å². The average molecular weight is 442 g/mol. The van der Waals surface area contributed by atoms with Gasteiger partial charge in [-0.2, -0.15) is 0 Å². The molecule has 0 aromatic heterocycles. The molecule has 166 valence electrons. The second-order valence-corrected chi connectivity index (χ2v) is 7.64. The summed E-state index contributed by atoms with van der Waals surface area (Å²) in [7, 11) is 0. The van der Waals surface area contributed by atoms with Crippen molar-refractivity contribution in [3.8, 4) is 11.1 Å². The van der Waals surface area contributed by atoms with E-state index in [1.807, 2.05) is 30.3 Å². The molecule has 0 saturated carbocycles. The molecule has 3 aromatic rings. The van der Waals surface area contributed by atoms with E-state index >= 15 is 0 Å². The summed E-state index contributed by atoms with van der Waals surface area (Å²) in [5.41, 5.74) is 5.15. The minimum Gasteiger partial charge on any atom is -0.449 e. The van der Waals surface area contributed by atoms with Gasteiger partial charge in [-0.1, -0.05) is 60.7 Å². The monoisotopic (exact) mass is 442 g/mol. The van der Waals surface area contributed by atoms with Crippen LogP contribution in [0.15, 0.2) is 72.8 Å². The van der Waals surface area contributed by atoms with Crippen LogP contribution in [-0.4, -0.2) is 30.5 Å². The van der Waals surface area contributed by atoms with Crippen LogP contribution in [0.25, 0.3) is 17.2 Å². The van der Waals surface area contributed by atoms with Crippen LogP contribution in [0.1, 0.15) is 39.4 Å². The number of benzene rings is 3. The SMILES string of the molecule is O=Cc1cc(C=CCCNC(=O)OCC2c3ccccc3-c3ccccc32)ccc1[N+](=O)[O-]. The van der Waals surface area contributed by atoms with Crippen LogP contribution in [-0.2, 0) is 4.74 Å². The molecule has 1 aliphatic carbocycles. The fraction of sp³-hybridized carbons (Fsp3) is 0.154. The number of rotatable bonds is 8. The number of carbonyl (C=O) groups excluding carboxylic acids is 2. The van der Waals surface area contributed by atoms with Crippen LogP contribution >= 0.6 is 0 Å². The standard InChI is InChI=1S/C26H22N2O5/c29-16-19-15-18(12-13-25(19)28(31)32)7-5-6-14-27-26(30)33-17-24-22-10-3-1-8-20(22)21-9-2-4-11-23(21)24/h1-5,7-13,15-16,24H,6,14,17H2,(H,27,30). The van der Waals surface area contributed by atoms with Crippen molar-refractivity contribution in [2.45, 2.75) is 12.3 Å². The van der Waals surface area contributed by atoms with Crippen LogP contribution < -0.4 is 5.32 Å². The Balaban J connectivity index is 1.27. The van der Waals surface area contributed by atoms with Gasteiger partial charge in [-0.3, -0.25) is 14.9 Å². The molecule has 0 unspecified atom stereocenters. The van der Waals surface area contributed by atoms with Crippen LogP contribution in [0.4, 0.5) is 10.5 Å². The molecule has 1 amide bonds. The number of alkyl carbamates (subject to hydrolysis) is 1. The third-order valence-corrected chi connectivity index (χ3v) is 5.61. The summed E-state index contributed by atoms with van der Waals surface area (Å²) in [4.78, 5) is 33.5. The van der Waals surface area contributed by atoms with E-state index in [2.05, 4.69) is 29.6 Å². The molecule has 0 radical (unpaired) electrons. The highest BCUT2D eigenvalue weighted by molar-refractivity contribution is 5.83. The first-order chi connectivity index (χ1) is 16.1. The Morgan fingerprint density at radius 1 is 1.03 bits per heavy atom. The van der Waals surface area contributed by atoms with Gasteiger partial charge < -0.3 is 10.1 Å². The van der Waals surface area contributed by atoms with Crippen LogP contribution in [0, 0.1) is 10.1 Å². The lowest BCUT2D eigenvalue weighted by molar-refractivity contribution is -0.385. The van der Waals surface area contributed by atoms with Gasteiger partial charge in [0, 0.05) is 18.5 Å². The number of aldehydes is 1. The molecule has 0 fully saturated rings. The van der Waals surface area contributed by atoms with Crippen molar-refractivity contribution in [3.63, 3.8) is 0 Å².